The van der Waals surface area contributed by atoms with Gasteiger partial charge in [-0.2, -0.15) is 0 Å². The molecule has 0 aromatic heterocycles. The molecular formula is C11H15NO. The molecule has 2 rings (SSSR count). The van der Waals surface area contributed by atoms with Crippen molar-refractivity contribution in [2.45, 2.75) is 25.8 Å². The SMILES string of the molecule is CCC1CNCc2c(O)cccc21. The molecule has 0 saturated heterocycles. The quantitative estimate of drug-likeness (QED) is 0.687. The number of hydrogen-bond acceptors (Lipinski definition) is 2. The van der Waals surface area contributed by atoms with Crippen LogP contribution >= 0.6 is 0 Å². The first-order valence-electron chi connectivity index (χ1n) is 4.84. The Bertz CT molecular complexity index is 309. The molecule has 2 heteroatoms. The Kier molecular flexibility index (Phi) is 2.23. The second-order valence-corrected chi connectivity index (χ2v) is 3.58. The van der Waals surface area contributed by atoms with Gasteiger partial charge in [0.15, 0.2) is 0 Å². The van der Waals surface area contributed by atoms with Gasteiger partial charge in [-0.25, -0.2) is 0 Å². The lowest BCUT2D eigenvalue weighted by Crippen LogP contribution is -2.27. The van der Waals surface area contributed by atoms with Crippen LogP contribution in [-0.4, -0.2) is 11.7 Å². The molecule has 0 bridgehead atoms. The molecule has 0 fully saturated rings. The summed E-state index contributed by atoms with van der Waals surface area (Å²) in [4.78, 5) is 0. The van der Waals surface area contributed by atoms with Gasteiger partial charge in [-0.05, 0) is 24.0 Å². The van der Waals surface area contributed by atoms with Crippen LogP contribution < -0.4 is 5.32 Å². The van der Waals surface area contributed by atoms with Gasteiger partial charge in [0.2, 0.25) is 0 Å². The van der Waals surface area contributed by atoms with E-state index in [1.54, 1.807) is 6.07 Å². The van der Waals surface area contributed by atoms with E-state index in [2.05, 4.69) is 18.3 Å². The highest BCUT2D eigenvalue weighted by molar-refractivity contribution is 5.42. The molecule has 0 spiro atoms. The highest BCUT2D eigenvalue weighted by Gasteiger charge is 2.19. The Balaban J connectivity index is 2.45. The molecule has 0 radical (unpaired) electrons. The molecule has 1 aromatic rings. The Morgan fingerprint density at radius 2 is 2.38 bits per heavy atom. The lowest BCUT2D eigenvalue weighted by molar-refractivity contribution is 0.448. The fourth-order valence-corrected chi connectivity index (χ4v) is 2.01. The van der Waals surface area contributed by atoms with E-state index >= 15 is 0 Å². The maximum absolute atomic E-state index is 9.63. The average molecular weight is 177 g/mol. The summed E-state index contributed by atoms with van der Waals surface area (Å²) in [6, 6.07) is 5.82. The number of phenols is 1. The highest BCUT2D eigenvalue weighted by atomic mass is 16.3. The van der Waals surface area contributed by atoms with Crippen molar-refractivity contribution in [2.24, 2.45) is 0 Å². The van der Waals surface area contributed by atoms with Crippen LogP contribution in [0.5, 0.6) is 5.75 Å². The summed E-state index contributed by atoms with van der Waals surface area (Å²) >= 11 is 0. The second kappa shape index (κ2) is 3.38. The van der Waals surface area contributed by atoms with E-state index in [0.717, 1.165) is 25.1 Å². The van der Waals surface area contributed by atoms with Crippen molar-refractivity contribution in [3.05, 3.63) is 29.3 Å². The summed E-state index contributed by atoms with van der Waals surface area (Å²) in [6.45, 7) is 4.02. The van der Waals surface area contributed by atoms with Gasteiger partial charge in [0.1, 0.15) is 5.75 Å². The molecule has 1 aliphatic rings. The van der Waals surface area contributed by atoms with Crippen LogP contribution in [-0.2, 0) is 6.54 Å². The van der Waals surface area contributed by atoms with Crippen LogP contribution in [0.1, 0.15) is 30.4 Å². The summed E-state index contributed by atoms with van der Waals surface area (Å²) in [6.07, 6.45) is 1.13. The third kappa shape index (κ3) is 1.42. The molecule has 2 N–H and O–H groups in total. The Morgan fingerprint density at radius 1 is 1.54 bits per heavy atom. The molecule has 1 unspecified atom stereocenters. The van der Waals surface area contributed by atoms with Crippen LogP contribution in [0.3, 0.4) is 0 Å². The number of aromatic hydroxyl groups is 1. The van der Waals surface area contributed by atoms with Crippen molar-refractivity contribution < 1.29 is 5.11 Å². The molecule has 0 aliphatic carbocycles. The standard InChI is InChI=1S/C11H15NO/c1-2-8-6-12-7-10-9(8)4-3-5-11(10)13/h3-5,8,12-13H,2,6-7H2,1H3. The van der Waals surface area contributed by atoms with Gasteiger partial charge >= 0.3 is 0 Å². The van der Waals surface area contributed by atoms with Gasteiger partial charge in [0, 0.05) is 18.7 Å². The number of rotatable bonds is 1. The van der Waals surface area contributed by atoms with Gasteiger partial charge in [0.25, 0.3) is 0 Å². The third-order valence-corrected chi connectivity index (χ3v) is 2.81. The Hall–Kier alpha value is -1.02. The zero-order valence-electron chi connectivity index (χ0n) is 7.88. The molecule has 1 aromatic carbocycles. The molecule has 13 heavy (non-hydrogen) atoms. The van der Waals surface area contributed by atoms with E-state index in [1.807, 2.05) is 6.07 Å². The van der Waals surface area contributed by atoms with Crippen molar-refractivity contribution in [1.82, 2.24) is 5.32 Å². The van der Waals surface area contributed by atoms with E-state index in [4.69, 9.17) is 0 Å². The Morgan fingerprint density at radius 3 is 3.15 bits per heavy atom. The van der Waals surface area contributed by atoms with Gasteiger partial charge in [-0.1, -0.05) is 19.1 Å². The maximum atomic E-state index is 9.63. The molecule has 1 heterocycles. The van der Waals surface area contributed by atoms with Gasteiger partial charge < -0.3 is 10.4 Å². The van der Waals surface area contributed by atoms with Crippen molar-refractivity contribution in [3.63, 3.8) is 0 Å². The summed E-state index contributed by atoms with van der Waals surface area (Å²) in [7, 11) is 0. The monoisotopic (exact) mass is 177 g/mol. The number of phenolic OH excluding ortho intramolecular Hbond substituents is 1. The fourth-order valence-electron chi connectivity index (χ4n) is 2.01. The molecule has 70 valence electrons. The summed E-state index contributed by atoms with van der Waals surface area (Å²) < 4.78 is 0. The van der Waals surface area contributed by atoms with Gasteiger partial charge in [0.05, 0.1) is 0 Å². The maximum Gasteiger partial charge on any atom is 0.120 e. The van der Waals surface area contributed by atoms with Crippen LogP contribution in [0.2, 0.25) is 0 Å². The fraction of sp³-hybridized carbons (Fsp3) is 0.455. The Labute approximate surface area is 78.6 Å². The van der Waals surface area contributed by atoms with E-state index in [0.29, 0.717) is 11.7 Å². The predicted molar refractivity (Wildman–Crippen MR) is 52.8 cm³/mol. The van der Waals surface area contributed by atoms with Crippen molar-refractivity contribution in [2.75, 3.05) is 6.54 Å². The van der Waals surface area contributed by atoms with Crippen molar-refractivity contribution >= 4 is 0 Å². The minimum atomic E-state index is 0.433. The minimum absolute atomic E-state index is 0.433. The van der Waals surface area contributed by atoms with Crippen molar-refractivity contribution in [3.8, 4) is 5.75 Å². The lowest BCUT2D eigenvalue weighted by atomic mass is 9.89. The normalized spacial score (nSPS) is 21.2. The molecule has 0 saturated carbocycles. The third-order valence-electron chi connectivity index (χ3n) is 2.81. The zero-order valence-corrected chi connectivity index (χ0v) is 7.88. The number of fused-ring (bicyclic) bond motifs is 1. The van der Waals surface area contributed by atoms with Gasteiger partial charge in [-0.15, -0.1) is 0 Å². The molecule has 0 amide bonds. The van der Waals surface area contributed by atoms with E-state index in [9.17, 15) is 5.11 Å². The van der Waals surface area contributed by atoms with Crippen LogP contribution in [0.4, 0.5) is 0 Å². The van der Waals surface area contributed by atoms with Crippen molar-refractivity contribution in [1.29, 1.82) is 0 Å². The zero-order chi connectivity index (χ0) is 9.26. The van der Waals surface area contributed by atoms with E-state index in [-0.39, 0.29) is 0 Å². The summed E-state index contributed by atoms with van der Waals surface area (Å²) in [5.74, 6) is 0.999. The second-order valence-electron chi connectivity index (χ2n) is 3.58. The van der Waals surface area contributed by atoms with E-state index in [1.165, 1.54) is 5.56 Å². The first-order valence-corrected chi connectivity index (χ1v) is 4.84. The van der Waals surface area contributed by atoms with Crippen LogP contribution in [0.25, 0.3) is 0 Å². The number of hydrogen-bond donors (Lipinski definition) is 2. The average Bonchev–Trinajstić information content (AvgIpc) is 2.18. The van der Waals surface area contributed by atoms with Crippen LogP contribution in [0, 0.1) is 0 Å². The smallest absolute Gasteiger partial charge is 0.120 e. The number of nitrogens with one attached hydrogen (secondary N) is 1. The van der Waals surface area contributed by atoms with E-state index < -0.39 is 0 Å². The summed E-state index contributed by atoms with van der Waals surface area (Å²) in [5, 5.41) is 13.0. The molecular weight excluding hydrogens is 162 g/mol. The topological polar surface area (TPSA) is 32.3 Å². The first kappa shape index (κ1) is 8.57. The first-order chi connectivity index (χ1) is 6.33. The predicted octanol–water partition coefficient (Wildman–Crippen LogP) is 1.99. The number of benzene rings is 1. The van der Waals surface area contributed by atoms with Gasteiger partial charge in [-0.3, -0.25) is 0 Å². The molecule has 1 aliphatic heterocycles. The minimum Gasteiger partial charge on any atom is -0.508 e. The molecule has 2 nitrogen and oxygen atoms in total. The molecule has 1 atom stereocenters. The van der Waals surface area contributed by atoms with Crippen LogP contribution in [0.15, 0.2) is 18.2 Å². The lowest BCUT2D eigenvalue weighted by Gasteiger charge is -2.25. The highest BCUT2D eigenvalue weighted by Crippen LogP contribution is 2.31. The summed E-state index contributed by atoms with van der Waals surface area (Å²) in [5.41, 5.74) is 2.40. The largest absolute Gasteiger partial charge is 0.508 e.